The van der Waals surface area contributed by atoms with Gasteiger partial charge in [0.15, 0.2) is 0 Å². The maximum absolute atomic E-state index is 12.9. The summed E-state index contributed by atoms with van der Waals surface area (Å²) in [7, 11) is 0. The summed E-state index contributed by atoms with van der Waals surface area (Å²) in [5.41, 5.74) is 6.18. The van der Waals surface area contributed by atoms with Gasteiger partial charge in [-0.3, -0.25) is 4.57 Å². The van der Waals surface area contributed by atoms with Gasteiger partial charge in [0, 0.05) is 11.3 Å². The third-order valence-electron chi connectivity index (χ3n) is 2.21. The first-order valence-electron chi connectivity index (χ1n) is 4.57. The predicted molar refractivity (Wildman–Crippen MR) is 78.4 cm³/mol. The molecule has 90 valence electrons. The number of hydrogen-bond acceptors (Lipinski definition) is 2. The van der Waals surface area contributed by atoms with E-state index in [0.29, 0.717) is 11.4 Å². The first kappa shape index (κ1) is 13.0. The number of hydrogen-bond donors (Lipinski definition) is 1. The maximum Gasteiger partial charge on any atom is 0.265 e. The standard InChI is InChI=1S/C10H7F2I2N3/c11-8(12)6-3-5(15)1-2-7(6)17-4-16-9(13)10(17)14/h1-4,8H,15H2. The van der Waals surface area contributed by atoms with Crippen LogP contribution in [0.3, 0.4) is 0 Å². The van der Waals surface area contributed by atoms with Crippen LogP contribution in [0.2, 0.25) is 0 Å². The van der Waals surface area contributed by atoms with Gasteiger partial charge in [0.1, 0.15) is 13.7 Å². The summed E-state index contributed by atoms with van der Waals surface area (Å²) in [5.74, 6) is 0. The van der Waals surface area contributed by atoms with Crippen LogP contribution in [0.5, 0.6) is 0 Å². The monoisotopic (exact) mass is 461 g/mol. The molecule has 0 spiro atoms. The van der Waals surface area contributed by atoms with E-state index in [2.05, 4.69) is 50.2 Å². The highest BCUT2D eigenvalue weighted by atomic mass is 127. The van der Waals surface area contributed by atoms with Gasteiger partial charge in [-0.15, -0.1) is 0 Å². The van der Waals surface area contributed by atoms with Crippen LogP contribution < -0.4 is 5.73 Å². The molecule has 2 N–H and O–H groups in total. The number of rotatable bonds is 2. The average Bonchev–Trinajstić information content (AvgIpc) is 2.60. The van der Waals surface area contributed by atoms with Crippen molar-refractivity contribution in [1.82, 2.24) is 9.55 Å². The van der Waals surface area contributed by atoms with Crippen molar-refractivity contribution in [1.29, 1.82) is 0 Å². The molecule has 0 unspecified atom stereocenters. The summed E-state index contributed by atoms with van der Waals surface area (Å²) in [4.78, 5) is 4.08. The molecule has 0 aliphatic heterocycles. The summed E-state index contributed by atoms with van der Waals surface area (Å²) in [5, 5.41) is 0. The van der Waals surface area contributed by atoms with Gasteiger partial charge < -0.3 is 5.73 Å². The van der Waals surface area contributed by atoms with E-state index in [9.17, 15) is 8.78 Å². The number of imidazole rings is 1. The van der Waals surface area contributed by atoms with Gasteiger partial charge in [0.2, 0.25) is 0 Å². The van der Waals surface area contributed by atoms with Crippen molar-refractivity contribution >= 4 is 50.9 Å². The second-order valence-electron chi connectivity index (χ2n) is 3.32. The van der Waals surface area contributed by atoms with Gasteiger partial charge in [-0.2, -0.15) is 0 Å². The normalized spacial score (nSPS) is 11.1. The van der Waals surface area contributed by atoms with E-state index in [-0.39, 0.29) is 5.56 Å². The molecule has 0 fully saturated rings. The molecule has 0 aliphatic carbocycles. The molecular formula is C10H7F2I2N3. The summed E-state index contributed by atoms with van der Waals surface area (Å²) >= 11 is 4.13. The molecule has 2 aromatic rings. The van der Waals surface area contributed by atoms with Crippen LogP contribution >= 0.6 is 45.2 Å². The lowest BCUT2D eigenvalue weighted by atomic mass is 10.1. The molecule has 0 saturated heterocycles. The van der Waals surface area contributed by atoms with Crippen LogP contribution in [0.25, 0.3) is 5.69 Å². The lowest BCUT2D eigenvalue weighted by molar-refractivity contribution is 0.151. The minimum Gasteiger partial charge on any atom is -0.399 e. The van der Waals surface area contributed by atoms with Gasteiger partial charge >= 0.3 is 0 Å². The van der Waals surface area contributed by atoms with Crippen molar-refractivity contribution in [2.45, 2.75) is 6.43 Å². The average molecular weight is 461 g/mol. The summed E-state index contributed by atoms with van der Waals surface area (Å²) in [6.45, 7) is 0. The molecule has 2 rings (SSSR count). The highest BCUT2D eigenvalue weighted by molar-refractivity contribution is 14.1. The number of nitrogen functional groups attached to an aromatic ring is 1. The molecule has 0 radical (unpaired) electrons. The van der Waals surface area contributed by atoms with Crippen LogP contribution in [0.15, 0.2) is 24.5 Å². The van der Waals surface area contributed by atoms with Crippen molar-refractivity contribution in [2.24, 2.45) is 0 Å². The predicted octanol–water partition coefficient (Wildman–Crippen LogP) is 3.60. The second kappa shape index (κ2) is 5.04. The Balaban J connectivity index is 2.63. The van der Waals surface area contributed by atoms with E-state index >= 15 is 0 Å². The zero-order valence-electron chi connectivity index (χ0n) is 8.37. The second-order valence-corrected chi connectivity index (χ2v) is 5.36. The first-order chi connectivity index (χ1) is 8.00. The quantitative estimate of drug-likeness (QED) is 0.549. The van der Waals surface area contributed by atoms with Crippen LogP contribution in [0.1, 0.15) is 12.0 Å². The Kier molecular flexibility index (Phi) is 3.85. The van der Waals surface area contributed by atoms with Crippen LogP contribution in [-0.4, -0.2) is 9.55 Å². The minimum atomic E-state index is -2.57. The Labute approximate surface area is 124 Å². The van der Waals surface area contributed by atoms with Crippen molar-refractivity contribution in [3.05, 3.63) is 37.5 Å². The summed E-state index contributed by atoms with van der Waals surface area (Å²) in [6.07, 6.45) is -1.04. The molecule has 1 heterocycles. The lowest BCUT2D eigenvalue weighted by Crippen LogP contribution is -2.02. The number of anilines is 1. The van der Waals surface area contributed by atoms with Gasteiger partial charge in [0.25, 0.3) is 6.43 Å². The SMILES string of the molecule is Nc1ccc(-n2cnc(I)c2I)c(C(F)F)c1. The van der Waals surface area contributed by atoms with E-state index in [0.717, 1.165) is 7.40 Å². The zero-order valence-corrected chi connectivity index (χ0v) is 12.7. The largest absolute Gasteiger partial charge is 0.399 e. The van der Waals surface area contributed by atoms with Crippen molar-refractivity contribution in [3.8, 4) is 5.69 Å². The molecule has 0 amide bonds. The van der Waals surface area contributed by atoms with Gasteiger partial charge in [-0.25, -0.2) is 13.8 Å². The molecule has 3 nitrogen and oxygen atoms in total. The molecule has 17 heavy (non-hydrogen) atoms. The fourth-order valence-corrected chi connectivity index (χ4v) is 2.36. The number of halogens is 4. The fourth-order valence-electron chi connectivity index (χ4n) is 1.45. The Hall–Kier alpha value is -0.450. The van der Waals surface area contributed by atoms with Gasteiger partial charge in [-0.1, -0.05) is 0 Å². The van der Waals surface area contributed by atoms with Crippen molar-refractivity contribution < 1.29 is 8.78 Å². The topological polar surface area (TPSA) is 43.8 Å². The minimum absolute atomic E-state index is 0.0864. The number of aromatic nitrogens is 2. The van der Waals surface area contributed by atoms with Crippen molar-refractivity contribution in [3.63, 3.8) is 0 Å². The maximum atomic E-state index is 12.9. The Morgan fingerprint density at radius 3 is 2.53 bits per heavy atom. The van der Waals surface area contributed by atoms with Crippen LogP contribution in [0.4, 0.5) is 14.5 Å². The van der Waals surface area contributed by atoms with Gasteiger partial charge in [0.05, 0.1) is 5.69 Å². The molecule has 0 aliphatic rings. The van der Waals surface area contributed by atoms with E-state index in [1.54, 1.807) is 16.7 Å². The summed E-state index contributed by atoms with van der Waals surface area (Å²) < 4.78 is 29.1. The molecular weight excluding hydrogens is 454 g/mol. The van der Waals surface area contributed by atoms with Crippen LogP contribution in [-0.2, 0) is 0 Å². The number of nitrogens with two attached hydrogens (primary N) is 1. The number of alkyl halides is 2. The van der Waals surface area contributed by atoms with Crippen LogP contribution in [0, 0.1) is 7.40 Å². The molecule has 0 atom stereocenters. The molecule has 7 heteroatoms. The molecule has 0 saturated carbocycles. The van der Waals surface area contributed by atoms with E-state index in [1.165, 1.54) is 12.4 Å². The molecule has 1 aromatic carbocycles. The highest BCUT2D eigenvalue weighted by Gasteiger charge is 2.17. The third kappa shape index (κ3) is 2.54. The van der Waals surface area contributed by atoms with Gasteiger partial charge in [-0.05, 0) is 63.4 Å². The number of benzene rings is 1. The van der Waals surface area contributed by atoms with E-state index < -0.39 is 6.43 Å². The smallest absolute Gasteiger partial charge is 0.265 e. The third-order valence-corrected chi connectivity index (χ3v) is 5.07. The Bertz CT molecular complexity index is 554. The first-order valence-corrected chi connectivity index (χ1v) is 6.72. The van der Waals surface area contributed by atoms with Crippen molar-refractivity contribution in [2.75, 3.05) is 5.73 Å². The molecule has 0 bridgehead atoms. The van der Waals surface area contributed by atoms with E-state index in [1.807, 2.05) is 0 Å². The lowest BCUT2D eigenvalue weighted by Gasteiger charge is -2.11. The highest BCUT2D eigenvalue weighted by Crippen LogP contribution is 2.29. The summed E-state index contributed by atoms with van der Waals surface area (Å²) in [6, 6.07) is 4.48. The zero-order chi connectivity index (χ0) is 12.6. The fraction of sp³-hybridized carbons (Fsp3) is 0.100. The molecule has 1 aromatic heterocycles. The van der Waals surface area contributed by atoms with E-state index in [4.69, 9.17) is 5.73 Å². The Morgan fingerprint density at radius 2 is 2.00 bits per heavy atom. The Morgan fingerprint density at radius 1 is 1.29 bits per heavy atom. The number of nitrogens with zero attached hydrogens (tertiary/aromatic N) is 2.